The molecule has 0 amide bonds. The summed E-state index contributed by atoms with van der Waals surface area (Å²) in [6, 6.07) is 45.0. The molecule has 0 saturated heterocycles. The third-order valence-electron chi connectivity index (χ3n) is 11.9. The summed E-state index contributed by atoms with van der Waals surface area (Å²) >= 11 is 0. The molecule has 0 N–H and O–H groups in total. The van der Waals surface area contributed by atoms with Crippen molar-refractivity contribution in [3.05, 3.63) is 138 Å². The molecule has 1 spiro atoms. The van der Waals surface area contributed by atoms with Crippen LogP contribution < -0.4 is 0 Å². The van der Waals surface area contributed by atoms with Gasteiger partial charge in [-0.3, -0.25) is 0 Å². The minimum absolute atomic E-state index is 0.0126. The summed E-state index contributed by atoms with van der Waals surface area (Å²) in [4.78, 5) is 15.2. The van der Waals surface area contributed by atoms with Gasteiger partial charge in [0.25, 0.3) is 0 Å². The second kappa shape index (κ2) is 10.6. The molecule has 4 heteroatoms. The maximum absolute atomic E-state index is 9.60. The minimum Gasteiger partial charge on any atom is -0.208 e. The van der Waals surface area contributed by atoms with E-state index in [1.165, 1.54) is 59.9 Å². The van der Waals surface area contributed by atoms with E-state index in [2.05, 4.69) is 72.8 Å². The lowest BCUT2D eigenvalue weighted by molar-refractivity contribution is -0.0399. The Hall–Kier alpha value is -5.40. The van der Waals surface area contributed by atoms with Gasteiger partial charge in [-0.2, -0.15) is 5.26 Å². The molecule has 1 aromatic heterocycles. The number of hydrogen-bond acceptors (Lipinski definition) is 4. The van der Waals surface area contributed by atoms with Gasteiger partial charge >= 0.3 is 0 Å². The Morgan fingerprint density at radius 2 is 1.04 bits per heavy atom. The molecule has 4 saturated carbocycles. The molecule has 0 atom stereocenters. The van der Waals surface area contributed by atoms with Gasteiger partial charge < -0.3 is 0 Å². The summed E-state index contributed by atoms with van der Waals surface area (Å²) in [5, 5.41) is 9.60. The van der Waals surface area contributed by atoms with E-state index in [1.54, 1.807) is 0 Å². The summed E-state index contributed by atoms with van der Waals surface area (Å²) in [7, 11) is 0. The first-order valence-corrected chi connectivity index (χ1v) is 17.3. The molecule has 4 bridgehead atoms. The van der Waals surface area contributed by atoms with Crippen molar-refractivity contribution in [3.63, 3.8) is 0 Å². The molecule has 4 fully saturated rings. The van der Waals surface area contributed by atoms with Crippen LogP contribution in [-0.2, 0) is 5.41 Å². The lowest BCUT2D eigenvalue weighted by Crippen LogP contribution is -2.55. The number of nitrogens with zero attached hydrogens (tertiary/aromatic N) is 4. The van der Waals surface area contributed by atoms with Crippen LogP contribution in [0, 0.1) is 35.0 Å². The van der Waals surface area contributed by atoms with E-state index in [1.807, 2.05) is 54.6 Å². The molecule has 4 nitrogen and oxygen atoms in total. The van der Waals surface area contributed by atoms with Gasteiger partial charge in [0.15, 0.2) is 17.5 Å². The molecular formula is C44H34N4. The lowest BCUT2D eigenvalue weighted by atomic mass is 9.43. The highest BCUT2D eigenvalue weighted by molar-refractivity contribution is 5.87. The highest BCUT2D eigenvalue weighted by atomic mass is 15.0. The smallest absolute Gasteiger partial charge is 0.164 e. The standard InChI is InChI=1S/C44H34N4/c45-26-27-8-7-13-32(19-27)33-15-17-39-38(24-33)37-16-14-34(25-40(37)44(39)35-20-28-18-29(22-35)23-36(44)21-28)43-47-41(30-9-3-1-4-10-30)46-42(48-43)31-11-5-2-6-12-31/h1-17,19,24-25,28-29,35-36H,18,20-23H2. The van der Waals surface area contributed by atoms with Crippen LogP contribution in [0.5, 0.6) is 0 Å². The largest absolute Gasteiger partial charge is 0.208 e. The summed E-state index contributed by atoms with van der Waals surface area (Å²) in [6.45, 7) is 0. The summed E-state index contributed by atoms with van der Waals surface area (Å²) in [5.41, 5.74) is 11.7. The van der Waals surface area contributed by atoms with Crippen LogP contribution in [0.4, 0.5) is 0 Å². The average Bonchev–Trinajstić information content (AvgIpc) is 3.43. The monoisotopic (exact) mass is 618 g/mol. The molecule has 5 aromatic carbocycles. The number of nitriles is 1. The van der Waals surface area contributed by atoms with E-state index in [9.17, 15) is 5.26 Å². The molecule has 230 valence electrons. The third-order valence-corrected chi connectivity index (χ3v) is 11.9. The highest BCUT2D eigenvalue weighted by Gasteiger charge is 2.61. The van der Waals surface area contributed by atoms with Crippen LogP contribution in [0.25, 0.3) is 56.4 Å². The number of aromatic nitrogens is 3. The van der Waals surface area contributed by atoms with E-state index in [0.29, 0.717) is 29.0 Å². The maximum Gasteiger partial charge on any atom is 0.164 e. The van der Waals surface area contributed by atoms with Crippen molar-refractivity contribution in [1.29, 1.82) is 5.26 Å². The van der Waals surface area contributed by atoms with E-state index >= 15 is 0 Å². The highest BCUT2D eigenvalue weighted by Crippen LogP contribution is 2.69. The van der Waals surface area contributed by atoms with Crippen molar-refractivity contribution in [2.24, 2.45) is 23.7 Å². The Morgan fingerprint density at radius 1 is 0.479 bits per heavy atom. The number of fused-ring (bicyclic) bond motifs is 3. The van der Waals surface area contributed by atoms with Crippen molar-refractivity contribution in [2.75, 3.05) is 0 Å². The molecule has 5 aliphatic carbocycles. The van der Waals surface area contributed by atoms with Crippen molar-refractivity contribution >= 4 is 0 Å². The molecule has 5 aliphatic rings. The van der Waals surface area contributed by atoms with Gasteiger partial charge in [-0.15, -0.1) is 0 Å². The lowest BCUT2D eigenvalue weighted by Gasteiger charge is -2.61. The van der Waals surface area contributed by atoms with Crippen LogP contribution >= 0.6 is 0 Å². The fourth-order valence-electron chi connectivity index (χ4n) is 10.2. The second-order valence-electron chi connectivity index (χ2n) is 14.4. The molecule has 0 unspecified atom stereocenters. The zero-order chi connectivity index (χ0) is 31.8. The zero-order valence-corrected chi connectivity index (χ0v) is 26.7. The predicted octanol–water partition coefficient (Wildman–Crippen LogP) is 10.1. The quantitative estimate of drug-likeness (QED) is 0.197. The van der Waals surface area contributed by atoms with Crippen molar-refractivity contribution in [2.45, 2.75) is 37.5 Å². The van der Waals surface area contributed by atoms with Gasteiger partial charge in [0, 0.05) is 22.1 Å². The van der Waals surface area contributed by atoms with Gasteiger partial charge in [0.05, 0.1) is 11.6 Å². The van der Waals surface area contributed by atoms with Crippen LogP contribution in [0.1, 0.15) is 48.8 Å². The minimum atomic E-state index is 0.0126. The summed E-state index contributed by atoms with van der Waals surface area (Å²) < 4.78 is 0. The average molecular weight is 619 g/mol. The SMILES string of the molecule is N#Cc1cccc(-c2ccc3c(c2)-c2ccc(-c4nc(-c5ccccc5)nc(-c5ccccc5)n4)cc2C32C3CC4CC(C3)CC2C4)c1. The van der Waals surface area contributed by atoms with Crippen molar-refractivity contribution in [3.8, 4) is 62.5 Å². The second-order valence-corrected chi connectivity index (χ2v) is 14.4. The van der Waals surface area contributed by atoms with Crippen molar-refractivity contribution in [1.82, 2.24) is 15.0 Å². The summed E-state index contributed by atoms with van der Waals surface area (Å²) in [5.74, 6) is 5.13. The fraction of sp³-hybridized carbons (Fsp3) is 0.227. The number of hydrogen-bond donors (Lipinski definition) is 0. The van der Waals surface area contributed by atoms with Crippen LogP contribution in [0.2, 0.25) is 0 Å². The first kappa shape index (κ1) is 27.7. The molecule has 0 radical (unpaired) electrons. The number of rotatable bonds is 4. The maximum atomic E-state index is 9.60. The predicted molar refractivity (Wildman–Crippen MR) is 190 cm³/mol. The van der Waals surface area contributed by atoms with Gasteiger partial charge in [-0.1, -0.05) is 97.1 Å². The molecule has 48 heavy (non-hydrogen) atoms. The molecule has 1 heterocycles. The zero-order valence-electron chi connectivity index (χ0n) is 26.7. The van der Waals surface area contributed by atoms with Crippen LogP contribution in [-0.4, -0.2) is 15.0 Å². The molecular weight excluding hydrogens is 585 g/mol. The first-order valence-electron chi connectivity index (χ1n) is 17.3. The van der Waals surface area contributed by atoms with Crippen molar-refractivity contribution < 1.29 is 0 Å². The van der Waals surface area contributed by atoms with E-state index in [-0.39, 0.29) is 5.41 Å². The summed E-state index contributed by atoms with van der Waals surface area (Å²) in [6.07, 6.45) is 6.72. The fourth-order valence-corrected chi connectivity index (χ4v) is 10.2. The van der Waals surface area contributed by atoms with E-state index < -0.39 is 0 Å². The van der Waals surface area contributed by atoms with Gasteiger partial charge in [0.1, 0.15) is 0 Å². The van der Waals surface area contributed by atoms with Gasteiger partial charge in [-0.25, -0.2) is 15.0 Å². The molecule has 11 rings (SSSR count). The van der Waals surface area contributed by atoms with Crippen LogP contribution in [0.3, 0.4) is 0 Å². The molecule has 6 aromatic rings. The Morgan fingerprint density at radius 3 is 1.67 bits per heavy atom. The van der Waals surface area contributed by atoms with E-state index in [0.717, 1.165) is 39.9 Å². The third kappa shape index (κ3) is 4.10. The Bertz CT molecular complexity index is 2180. The first-order chi connectivity index (χ1) is 23.7. The van der Waals surface area contributed by atoms with E-state index in [4.69, 9.17) is 15.0 Å². The number of benzene rings is 5. The normalized spacial score (nSPS) is 24.3. The van der Waals surface area contributed by atoms with Gasteiger partial charge in [0.2, 0.25) is 0 Å². The molecule has 0 aliphatic heterocycles. The van der Waals surface area contributed by atoms with Crippen LogP contribution in [0.15, 0.2) is 121 Å². The topological polar surface area (TPSA) is 62.5 Å². The Balaban J connectivity index is 1.18. The Kier molecular flexibility index (Phi) is 6.09. The van der Waals surface area contributed by atoms with Gasteiger partial charge in [-0.05, 0) is 113 Å². The Labute approximate surface area is 281 Å².